The van der Waals surface area contributed by atoms with Gasteiger partial charge in [0, 0.05) is 25.2 Å². The molecular formula is C8H13ClN2O2. The number of carboxylic acids is 1. The molecule has 1 aromatic heterocycles. The highest BCUT2D eigenvalue weighted by atomic mass is 35.5. The molecule has 0 saturated heterocycles. The van der Waals surface area contributed by atoms with Crippen LogP contribution in [0.5, 0.6) is 0 Å². The summed E-state index contributed by atoms with van der Waals surface area (Å²) in [5.74, 6) is 0.204. The second kappa shape index (κ2) is 6.48. The first-order valence-electron chi connectivity index (χ1n) is 3.99. The molecule has 0 fully saturated rings. The Bertz CT molecular complexity index is 236. The first-order chi connectivity index (χ1) is 5.79. The Morgan fingerprint density at radius 2 is 2.31 bits per heavy atom. The van der Waals surface area contributed by atoms with Gasteiger partial charge in [-0.3, -0.25) is 4.79 Å². The summed E-state index contributed by atoms with van der Waals surface area (Å²) in [6.07, 6.45) is 6.15. The number of carbonyl (C=O) groups is 1. The van der Waals surface area contributed by atoms with Crippen LogP contribution in [0, 0.1) is 0 Å². The number of hydrogen-bond acceptors (Lipinski definition) is 2. The van der Waals surface area contributed by atoms with Gasteiger partial charge in [-0.2, -0.15) is 0 Å². The number of carboxylic acid groups (broad SMARTS) is 1. The number of unbranched alkanes of at least 4 members (excludes halogenated alkanes) is 1. The lowest BCUT2D eigenvalue weighted by molar-refractivity contribution is -0.137. The van der Waals surface area contributed by atoms with E-state index >= 15 is 0 Å². The van der Waals surface area contributed by atoms with Crippen LogP contribution in [0.3, 0.4) is 0 Å². The number of halogens is 1. The number of imidazole rings is 1. The Morgan fingerprint density at radius 1 is 1.54 bits per heavy atom. The maximum Gasteiger partial charge on any atom is 0.303 e. The molecule has 74 valence electrons. The van der Waals surface area contributed by atoms with Crippen LogP contribution in [0.1, 0.15) is 25.1 Å². The molecular weight excluding hydrogens is 192 g/mol. The van der Waals surface area contributed by atoms with E-state index in [0.29, 0.717) is 0 Å². The second-order valence-corrected chi connectivity index (χ2v) is 2.64. The zero-order chi connectivity index (χ0) is 8.81. The van der Waals surface area contributed by atoms with Crippen molar-refractivity contribution in [1.82, 2.24) is 9.97 Å². The summed E-state index contributed by atoms with van der Waals surface area (Å²) in [6, 6.07) is 0. The van der Waals surface area contributed by atoms with E-state index in [9.17, 15) is 4.79 Å². The van der Waals surface area contributed by atoms with Gasteiger partial charge in [0.1, 0.15) is 5.82 Å². The highest BCUT2D eigenvalue weighted by Crippen LogP contribution is 2.01. The average Bonchev–Trinajstić information content (AvgIpc) is 2.49. The lowest BCUT2D eigenvalue weighted by Crippen LogP contribution is -1.95. The normalized spacial score (nSPS) is 9.23. The monoisotopic (exact) mass is 204 g/mol. The second-order valence-electron chi connectivity index (χ2n) is 2.64. The summed E-state index contributed by atoms with van der Waals surface area (Å²) in [6.45, 7) is 0. The van der Waals surface area contributed by atoms with E-state index < -0.39 is 5.97 Å². The van der Waals surface area contributed by atoms with Crippen LogP contribution in [-0.4, -0.2) is 21.0 Å². The number of rotatable bonds is 5. The zero-order valence-electron chi connectivity index (χ0n) is 7.19. The predicted molar refractivity (Wildman–Crippen MR) is 51.0 cm³/mol. The van der Waals surface area contributed by atoms with Crippen LogP contribution < -0.4 is 0 Å². The van der Waals surface area contributed by atoms with Crippen LogP contribution in [0.25, 0.3) is 0 Å². The molecule has 1 heterocycles. The van der Waals surface area contributed by atoms with Crippen molar-refractivity contribution in [1.29, 1.82) is 0 Å². The molecule has 0 bridgehead atoms. The van der Waals surface area contributed by atoms with Crippen molar-refractivity contribution < 1.29 is 9.90 Å². The summed E-state index contributed by atoms with van der Waals surface area (Å²) in [5, 5.41) is 8.35. The lowest BCUT2D eigenvalue weighted by Gasteiger charge is -1.94. The van der Waals surface area contributed by atoms with Crippen LogP contribution in [0.4, 0.5) is 0 Å². The molecule has 0 aliphatic carbocycles. The van der Waals surface area contributed by atoms with Crippen LogP contribution in [0.2, 0.25) is 0 Å². The molecule has 1 aromatic rings. The van der Waals surface area contributed by atoms with Gasteiger partial charge < -0.3 is 10.1 Å². The Hall–Kier alpha value is -1.03. The number of aliphatic carboxylic acids is 1. The highest BCUT2D eigenvalue weighted by Gasteiger charge is 1.98. The molecule has 0 unspecified atom stereocenters. The number of nitrogens with zero attached hydrogens (tertiary/aromatic N) is 1. The van der Waals surface area contributed by atoms with Gasteiger partial charge in [0.05, 0.1) is 0 Å². The predicted octanol–water partition coefficient (Wildman–Crippen LogP) is 1.63. The number of nitrogens with one attached hydrogen (secondary N) is 1. The maximum absolute atomic E-state index is 10.1. The van der Waals surface area contributed by atoms with Gasteiger partial charge in [-0.15, -0.1) is 12.4 Å². The smallest absolute Gasteiger partial charge is 0.303 e. The van der Waals surface area contributed by atoms with E-state index in [1.807, 2.05) is 0 Å². The minimum absolute atomic E-state index is 0. The van der Waals surface area contributed by atoms with Crippen molar-refractivity contribution in [3.63, 3.8) is 0 Å². The largest absolute Gasteiger partial charge is 0.481 e. The van der Waals surface area contributed by atoms with E-state index in [4.69, 9.17) is 5.11 Å². The van der Waals surface area contributed by atoms with Gasteiger partial charge in [0.25, 0.3) is 0 Å². The van der Waals surface area contributed by atoms with Crippen LogP contribution in [-0.2, 0) is 11.2 Å². The van der Waals surface area contributed by atoms with Crippen molar-refractivity contribution in [2.75, 3.05) is 0 Å². The molecule has 0 atom stereocenters. The van der Waals surface area contributed by atoms with Crippen molar-refractivity contribution in [3.05, 3.63) is 18.2 Å². The Labute approximate surface area is 82.8 Å². The zero-order valence-corrected chi connectivity index (χ0v) is 8.01. The highest BCUT2D eigenvalue weighted by molar-refractivity contribution is 5.85. The molecule has 0 aliphatic heterocycles. The van der Waals surface area contributed by atoms with Gasteiger partial charge in [0.15, 0.2) is 0 Å². The number of aromatic amines is 1. The van der Waals surface area contributed by atoms with Gasteiger partial charge >= 0.3 is 5.97 Å². The summed E-state index contributed by atoms with van der Waals surface area (Å²) >= 11 is 0. The first-order valence-corrected chi connectivity index (χ1v) is 3.99. The van der Waals surface area contributed by atoms with Gasteiger partial charge in [-0.25, -0.2) is 4.98 Å². The molecule has 5 heteroatoms. The standard InChI is InChI=1S/C8H12N2O2.ClH/c11-8(12)4-2-1-3-7-9-5-6-10-7;/h5-6H,1-4H2,(H,9,10)(H,11,12);1H. The molecule has 0 radical (unpaired) electrons. The first kappa shape index (κ1) is 12.0. The third-order valence-electron chi connectivity index (χ3n) is 1.61. The summed E-state index contributed by atoms with van der Waals surface area (Å²) in [5.41, 5.74) is 0. The molecule has 0 amide bonds. The molecule has 0 spiro atoms. The fraction of sp³-hybridized carbons (Fsp3) is 0.500. The SMILES string of the molecule is Cl.O=C(O)CCCCc1ncc[nH]1. The Morgan fingerprint density at radius 3 is 2.85 bits per heavy atom. The lowest BCUT2D eigenvalue weighted by atomic mass is 10.2. The van der Waals surface area contributed by atoms with Crippen molar-refractivity contribution >= 4 is 18.4 Å². The van der Waals surface area contributed by atoms with E-state index in [1.165, 1.54) is 0 Å². The van der Waals surface area contributed by atoms with Gasteiger partial charge in [-0.05, 0) is 12.8 Å². The van der Waals surface area contributed by atoms with Crippen LogP contribution in [0.15, 0.2) is 12.4 Å². The number of H-pyrrole nitrogens is 1. The Kier molecular flexibility index (Phi) is 5.97. The summed E-state index contributed by atoms with van der Waals surface area (Å²) in [4.78, 5) is 17.1. The van der Waals surface area contributed by atoms with E-state index in [0.717, 1.165) is 25.1 Å². The third-order valence-corrected chi connectivity index (χ3v) is 1.61. The fourth-order valence-corrected chi connectivity index (χ4v) is 1.00. The summed E-state index contributed by atoms with van der Waals surface area (Å²) in [7, 11) is 0. The number of aromatic nitrogens is 2. The number of aryl methyl sites for hydroxylation is 1. The van der Waals surface area contributed by atoms with E-state index in [1.54, 1.807) is 12.4 Å². The quantitative estimate of drug-likeness (QED) is 0.717. The van der Waals surface area contributed by atoms with Gasteiger partial charge in [0.2, 0.25) is 0 Å². The molecule has 0 aromatic carbocycles. The maximum atomic E-state index is 10.1. The van der Waals surface area contributed by atoms with Crippen molar-refractivity contribution in [2.24, 2.45) is 0 Å². The summed E-state index contributed by atoms with van der Waals surface area (Å²) < 4.78 is 0. The fourth-order valence-electron chi connectivity index (χ4n) is 1.00. The van der Waals surface area contributed by atoms with Gasteiger partial charge in [-0.1, -0.05) is 0 Å². The van der Waals surface area contributed by atoms with Crippen molar-refractivity contribution in [3.8, 4) is 0 Å². The van der Waals surface area contributed by atoms with Crippen LogP contribution >= 0.6 is 12.4 Å². The van der Waals surface area contributed by atoms with E-state index in [2.05, 4.69) is 9.97 Å². The molecule has 1 rings (SSSR count). The number of hydrogen-bond donors (Lipinski definition) is 2. The third kappa shape index (κ3) is 5.25. The minimum atomic E-state index is -0.727. The van der Waals surface area contributed by atoms with Crippen molar-refractivity contribution in [2.45, 2.75) is 25.7 Å². The molecule has 0 saturated carbocycles. The molecule has 4 nitrogen and oxygen atoms in total. The molecule has 13 heavy (non-hydrogen) atoms. The minimum Gasteiger partial charge on any atom is -0.481 e. The Balaban J connectivity index is 0.00000144. The molecule has 0 aliphatic rings. The van der Waals surface area contributed by atoms with E-state index in [-0.39, 0.29) is 18.8 Å². The average molecular weight is 205 g/mol. The molecule has 2 N–H and O–H groups in total. The topological polar surface area (TPSA) is 66.0 Å².